The molecule has 1 aromatic rings. The van der Waals surface area contributed by atoms with Crippen molar-refractivity contribution in [2.24, 2.45) is 0 Å². The lowest BCUT2D eigenvalue weighted by Gasteiger charge is -2.25. The molecule has 0 saturated carbocycles. The summed E-state index contributed by atoms with van der Waals surface area (Å²) in [7, 11) is 0. The topological polar surface area (TPSA) is 52.6 Å². The first-order chi connectivity index (χ1) is 9.38. The molecule has 1 aliphatic heterocycles. The monoisotopic (exact) mass is 320 g/mol. The highest BCUT2D eigenvalue weighted by molar-refractivity contribution is 5.85. The molecule has 0 aromatic heterocycles. The predicted octanol–water partition coefficient (Wildman–Crippen LogP) is 2.03. The Morgan fingerprint density at radius 1 is 1.43 bits per heavy atom. The summed E-state index contributed by atoms with van der Waals surface area (Å²) < 4.78 is 26.0. The summed E-state index contributed by atoms with van der Waals surface area (Å²) in [4.78, 5) is 12.7. The average Bonchev–Trinajstić information content (AvgIpc) is 2.74. The Morgan fingerprint density at radius 2 is 2.14 bits per heavy atom. The van der Waals surface area contributed by atoms with Gasteiger partial charge in [-0.05, 0) is 31.0 Å². The van der Waals surface area contributed by atoms with E-state index in [-0.39, 0.29) is 24.5 Å². The van der Waals surface area contributed by atoms with Gasteiger partial charge in [-0.2, -0.15) is 0 Å². The second kappa shape index (κ2) is 7.15. The van der Waals surface area contributed by atoms with Crippen LogP contribution in [0.5, 0.6) is 0 Å². The number of carboxylic acids is 1. The van der Waals surface area contributed by atoms with Crippen molar-refractivity contribution in [3.63, 3.8) is 0 Å². The fraction of sp³-hybridized carbons (Fsp3) is 0.500. The van der Waals surface area contributed by atoms with Gasteiger partial charge in [0.15, 0.2) is 11.6 Å². The summed E-state index contributed by atoms with van der Waals surface area (Å²) >= 11 is 0. The minimum atomic E-state index is -0.884. The number of nitrogens with one attached hydrogen (secondary N) is 1. The predicted molar refractivity (Wildman–Crippen MR) is 77.5 cm³/mol. The maximum Gasteiger partial charge on any atom is 0.317 e. The van der Waals surface area contributed by atoms with Crippen LogP contribution in [-0.2, 0) is 11.3 Å². The SMILES string of the molecule is CC1(NCC(=O)O)CCN(Cc2ccc(F)c(F)c2)C1.Cl. The van der Waals surface area contributed by atoms with Crippen molar-refractivity contribution in [1.29, 1.82) is 0 Å². The summed E-state index contributed by atoms with van der Waals surface area (Å²) in [6.07, 6.45) is 0.823. The Hall–Kier alpha value is -1.24. The maximum atomic E-state index is 13.1. The van der Waals surface area contributed by atoms with E-state index in [4.69, 9.17) is 5.11 Å². The van der Waals surface area contributed by atoms with Crippen molar-refractivity contribution in [2.45, 2.75) is 25.4 Å². The van der Waals surface area contributed by atoms with Crippen molar-refractivity contribution < 1.29 is 18.7 Å². The van der Waals surface area contributed by atoms with Crippen molar-refractivity contribution in [1.82, 2.24) is 10.2 Å². The molecule has 4 nitrogen and oxygen atoms in total. The molecule has 2 rings (SSSR count). The van der Waals surface area contributed by atoms with Gasteiger partial charge in [-0.15, -0.1) is 12.4 Å². The lowest BCUT2D eigenvalue weighted by atomic mass is 10.0. The molecule has 0 bridgehead atoms. The van der Waals surface area contributed by atoms with Crippen LogP contribution >= 0.6 is 12.4 Å². The average molecular weight is 321 g/mol. The molecule has 1 saturated heterocycles. The fourth-order valence-electron chi connectivity index (χ4n) is 2.52. The largest absolute Gasteiger partial charge is 0.480 e. The second-order valence-corrected chi connectivity index (χ2v) is 5.52. The zero-order valence-corrected chi connectivity index (χ0v) is 12.6. The van der Waals surface area contributed by atoms with E-state index in [2.05, 4.69) is 10.2 Å². The molecule has 0 spiro atoms. The minimum absolute atomic E-state index is 0. The van der Waals surface area contributed by atoms with Crippen LogP contribution in [0.1, 0.15) is 18.9 Å². The van der Waals surface area contributed by atoms with E-state index in [0.29, 0.717) is 18.7 Å². The lowest BCUT2D eigenvalue weighted by molar-refractivity contribution is -0.136. The van der Waals surface area contributed by atoms with Gasteiger partial charge in [0.2, 0.25) is 0 Å². The van der Waals surface area contributed by atoms with Crippen LogP contribution in [-0.4, -0.2) is 41.1 Å². The van der Waals surface area contributed by atoms with Crippen molar-refractivity contribution in [3.05, 3.63) is 35.4 Å². The lowest BCUT2D eigenvalue weighted by Crippen LogP contribution is -2.46. The third kappa shape index (κ3) is 4.91. The van der Waals surface area contributed by atoms with Crippen LogP contribution in [0, 0.1) is 11.6 Å². The molecular weight excluding hydrogens is 302 g/mol. The van der Waals surface area contributed by atoms with Gasteiger partial charge in [-0.3, -0.25) is 9.69 Å². The Kier molecular flexibility index (Phi) is 6.07. The molecule has 0 amide bonds. The molecule has 1 atom stereocenters. The van der Waals surface area contributed by atoms with Crippen molar-refractivity contribution >= 4 is 18.4 Å². The molecule has 2 N–H and O–H groups in total. The van der Waals surface area contributed by atoms with Crippen molar-refractivity contribution in [2.75, 3.05) is 19.6 Å². The van der Waals surface area contributed by atoms with Crippen LogP contribution in [0.2, 0.25) is 0 Å². The van der Waals surface area contributed by atoms with E-state index < -0.39 is 17.6 Å². The first-order valence-corrected chi connectivity index (χ1v) is 6.51. The van der Waals surface area contributed by atoms with E-state index >= 15 is 0 Å². The number of carbonyl (C=O) groups is 1. The smallest absolute Gasteiger partial charge is 0.317 e. The van der Waals surface area contributed by atoms with Gasteiger partial charge >= 0.3 is 5.97 Å². The molecular formula is C14H19ClF2N2O2. The molecule has 1 heterocycles. The number of nitrogens with zero attached hydrogens (tertiary/aromatic N) is 1. The molecule has 7 heteroatoms. The van der Waals surface area contributed by atoms with Gasteiger partial charge in [0.1, 0.15) is 0 Å². The Balaban J connectivity index is 0.00000220. The zero-order valence-electron chi connectivity index (χ0n) is 11.7. The number of likely N-dealkylation sites (tertiary alicyclic amines) is 1. The quantitative estimate of drug-likeness (QED) is 0.871. The van der Waals surface area contributed by atoms with E-state index in [9.17, 15) is 13.6 Å². The normalized spacial score (nSPS) is 22.0. The van der Waals surface area contributed by atoms with Gasteiger partial charge in [-0.1, -0.05) is 6.07 Å². The number of hydrogen-bond acceptors (Lipinski definition) is 3. The minimum Gasteiger partial charge on any atom is -0.480 e. The second-order valence-electron chi connectivity index (χ2n) is 5.52. The first kappa shape index (κ1) is 17.8. The summed E-state index contributed by atoms with van der Waals surface area (Å²) in [5.41, 5.74) is 0.461. The van der Waals surface area contributed by atoms with Crippen LogP contribution in [0.25, 0.3) is 0 Å². The van der Waals surface area contributed by atoms with Gasteiger partial charge in [0.05, 0.1) is 6.54 Å². The summed E-state index contributed by atoms with van der Waals surface area (Å²) in [6.45, 7) is 3.90. The van der Waals surface area contributed by atoms with E-state index in [1.165, 1.54) is 6.07 Å². The van der Waals surface area contributed by atoms with Crippen LogP contribution in [0.15, 0.2) is 18.2 Å². The summed E-state index contributed by atoms with van der Waals surface area (Å²) in [6, 6.07) is 3.90. The highest BCUT2D eigenvalue weighted by Crippen LogP contribution is 2.22. The third-order valence-electron chi connectivity index (χ3n) is 3.61. The Bertz CT molecular complexity index is 516. The van der Waals surface area contributed by atoms with E-state index in [0.717, 1.165) is 19.0 Å². The fourth-order valence-corrected chi connectivity index (χ4v) is 2.52. The van der Waals surface area contributed by atoms with Gasteiger partial charge in [0, 0.05) is 25.2 Å². The summed E-state index contributed by atoms with van der Waals surface area (Å²) in [5.74, 6) is -2.57. The molecule has 0 radical (unpaired) electrons. The molecule has 21 heavy (non-hydrogen) atoms. The highest BCUT2D eigenvalue weighted by atomic mass is 35.5. The molecule has 118 valence electrons. The third-order valence-corrected chi connectivity index (χ3v) is 3.61. The van der Waals surface area contributed by atoms with E-state index in [1.54, 1.807) is 6.07 Å². The number of halogens is 3. The molecule has 1 aliphatic rings. The zero-order chi connectivity index (χ0) is 14.8. The Morgan fingerprint density at radius 3 is 2.76 bits per heavy atom. The van der Waals surface area contributed by atoms with Gasteiger partial charge in [0.25, 0.3) is 0 Å². The molecule has 1 unspecified atom stereocenters. The first-order valence-electron chi connectivity index (χ1n) is 6.51. The number of hydrogen-bond donors (Lipinski definition) is 2. The number of rotatable bonds is 5. The number of carboxylic acid groups (broad SMARTS) is 1. The summed E-state index contributed by atoms with van der Waals surface area (Å²) in [5, 5.41) is 11.7. The number of aliphatic carboxylic acids is 1. The highest BCUT2D eigenvalue weighted by Gasteiger charge is 2.33. The van der Waals surface area contributed by atoms with E-state index in [1.807, 2.05) is 6.92 Å². The van der Waals surface area contributed by atoms with Crippen molar-refractivity contribution in [3.8, 4) is 0 Å². The van der Waals surface area contributed by atoms with Crippen LogP contribution in [0.4, 0.5) is 8.78 Å². The molecule has 0 aliphatic carbocycles. The van der Waals surface area contributed by atoms with Crippen LogP contribution < -0.4 is 5.32 Å². The van der Waals surface area contributed by atoms with Gasteiger partial charge in [-0.25, -0.2) is 8.78 Å². The Labute approximate surface area is 128 Å². The van der Waals surface area contributed by atoms with Crippen LogP contribution in [0.3, 0.4) is 0 Å². The maximum absolute atomic E-state index is 13.1. The standard InChI is InChI=1S/C14H18F2N2O2.ClH/c1-14(17-7-13(19)20)4-5-18(9-14)8-10-2-3-11(15)12(16)6-10;/h2-3,6,17H,4-5,7-9H2,1H3,(H,19,20);1H. The van der Waals surface area contributed by atoms with Gasteiger partial charge < -0.3 is 10.4 Å². The number of benzene rings is 1. The molecule has 1 fully saturated rings. The molecule has 1 aromatic carbocycles.